The number of carbonyl (C=O) groups excluding carboxylic acids is 1. The van der Waals surface area contributed by atoms with Gasteiger partial charge in [-0.15, -0.1) is 0 Å². The summed E-state index contributed by atoms with van der Waals surface area (Å²) in [6.45, 7) is 2.53. The fourth-order valence-electron chi connectivity index (χ4n) is 4.42. The van der Waals surface area contributed by atoms with Gasteiger partial charge in [0, 0.05) is 41.3 Å². The number of piperidine rings is 1. The maximum atomic E-state index is 14.0. The van der Waals surface area contributed by atoms with Crippen LogP contribution >= 0.6 is 11.6 Å². The van der Waals surface area contributed by atoms with E-state index in [4.69, 9.17) is 11.6 Å². The number of rotatable bonds is 4. The minimum absolute atomic E-state index is 0.0140. The zero-order chi connectivity index (χ0) is 21.5. The van der Waals surface area contributed by atoms with Gasteiger partial charge in [-0.05, 0) is 49.9 Å². The molecule has 0 spiro atoms. The maximum absolute atomic E-state index is 14.0. The van der Waals surface area contributed by atoms with Gasteiger partial charge >= 0.3 is 0 Å². The average molecular weight is 451 g/mol. The summed E-state index contributed by atoms with van der Waals surface area (Å²) in [4.78, 5) is 15.1. The molecule has 0 saturated carbocycles. The van der Waals surface area contributed by atoms with Crippen molar-refractivity contribution >= 4 is 33.2 Å². The summed E-state index contributed by atoms with van der Waals surface area (Å²) >= 11 is 5.99. The first-order valence-electron chi connectivity index (χ1n) is 10.1. The van der Waals surface area contributed by atoms with Crippen molar-refractivity contribution in [2.45, 2.75) is 38.0 Å². The third-order valence-corrected chi connectivity index (χ3v) is 8.19. The Morgan fingerprint density at radius 3 is 2.53 bits per heavy atom. The predicted molar refractivity (Wildman–Crippen MR) is 115 cm³/mol. The molecule has 0 radical (unpaired) electrons. The molecule has 4 rings (SSSR count). The predicted octanol–water partition coefficient (Wildman–Crippen LogP) is 4.00. The number of anilines is 1. The molecule has 2 aromatic carbocycles. The molecule has 1 fully saturated rings. The third-order valence-electron chi connectivity index (χ3n) is 6.03. The third kappa shape index (κ3) is 3.98. The zero-order valence-electron chi connectivity index (χ0n) is 16.7. The van der Waals surface area contributed by atoms with Crippen molar-refractivity contribution in [3.8, 4) is 0 Å². The van der Waals surface area contributed by atoms with Crippen LogP contribution in [0.4, 0.5) is 10.1 Å². The Hall–Kier alpha value is -1.96. The number of carbonyl (C=O) groups is 1. The lowest BCUT2D eigenvalue weighted by atomic mass is 9.96. The largest absolute Gasteiger partial charge is 0.309 e. The number of fused-ring (bicyclic) bond motifs is 1. The molecule has 0 unspecified atom stereocenters. The number of para-hydroxylation sites is 1. The van der Waals surface area contributed by atoms with Crippen molar-refractivity contribution in [2.24, 2.45) is 5.92 Å². The van der Waals surface area contributed by atoms with Crippen molar-refractivity contribution in [2.75, 3.05) is 18.0 Å². The lowest BCUT2D eigenvalue weighted by Gasteiger charge is -2.34. The van der Waals surface area contributed by atoms with E-state index < -0.39 is 21.6 Å². The van der Waals surface area contributed by atoms with Crippen LogP contribution in [0.25, 0.3) is 0 Å². The van der Waals surface area contributed by atoms with Gasteiger partial charge in [0.1, 0.15) is 5.82 Å². The highest BCUT2D eigenvalue weighted by molar-refractivity contribution is 7.88. The summed E-state index contributed by atoms with van der Waals surface area (Å²) < 4.78 is 41.0. The molecule has 160 valence electrons. The van der Waals surface area contributed by atoms with Crippen molar-refractivity contribution < 1.29 is 17.6 Å². The van der Waals surface area contributed by atoms with Gasteiger partial charge in [0.2, 0.25) is 15.9 Å². The average Bonchev–Trinajstić information content (AvgIpc) is 3.06. The van der Waals surface area contributed by atoms with E-state index in [9.17, 15) is 17.6 Å². The lowest BCUT2D eigenvalue weighted by molar-refractivity contribution is -0.123. The number of sulfonamides is 1. The summed E-state index contributed by atoms with van der Waals surface area (Å²) in [5.74, 6) is -1.27. The molecule has 0 aromatic heterocycles. The molecular formula is C22H24ClFN2O3S. The van der Waals surface area contributed by atoms with Crippen LogP contribution in [-0.4, -0.2) is 37.8 Å². The first kappa shape index (κ1) is 21.3. The molecule has 2 aliphatic rings. The normalized spacial score (nSPS) is 20.4. The first-order valence-corrected chi connectivity index (χ1v) is 12.1. The van der Waals surface area contributed by atoms with E-state index in [2.05, 4.69) is 0 Å². The van der Waals surface area contributed by atoms with E-state index in [-0.39, 0.29) is 41.5 Å². The van der Waals surface area contributed by atoms with Gasteiger partial charge in [-0.3, -0.25) is 4.79 Å². The number of amides is 1. The molecule has 1 amide bonds. The van der Waals surface area contributed by atoms with Crippen LogP contribution in [0.3, 0.4) is 0 Å². The second kappa shape index (κ2) is 8.29. The van der Waals surface area contributed by atoms with Gasteiger partial charge in [-0.25, -0.2) is 17.1 Å². The quantitative estimate of drug-likeness (QED) is 0.707. The first-order chi connectivity index (χ1) is 14.3. The van der Waals surface area contributed by atoms with Crippen LogP contribution in [0.15, 0.2) is 42.5 Å². The molecule has 0 bridgehead atoms. The van der Waals surface area contributed by atoms with Crippen LogP contribution in [0.1, 0.15) is 30.9 Å². The van der Waals surface area contributed by atoms with Crippen molar-refractivity contribution in [1.82, 2.24) is 4.31 Å². The van der Waals surface area contributed by atoms with E-state index in [1.165, 1.54) is 28.1 Å². The van der Waals surface area contributed by atoms with Gasteiger partial charge in [0.15, 0.2) is 0 Å². The van der Waals surface area contributed by atoms with Crippen LogP contribution in [-0.2, 0) is 27.0 Å². The molecular weight excluding hydrogens is 427 g/mol. The monoisotopic (exact) mass is 450 g/mol. The fraction of sp³-hybridized carbons (Fsp3) is 0.409. The number of halogens is 2. The molecule has 2 heterocycles. The Morgan fingerprint density at radius 2 is 1.83 bits per heavy atom. The summed E-state index contributed by atoms with van der Waals surface area (Å²) in [6, 6.07) is 12.1. The van der Waals surface area contributed by atoms with E-state index in [1.54, 1.807) is 0 Å². The summed E-state index contributed by atoms with van der Waals surface area (Å²) in [6.07, 6.45) is 1.74. The standard InChI is InChI=1S/C22H24ClFN2O3S/c1-15-13-17-5-2-3-8-21(17)26(15)22(27)16-9-11-25(12-10-16)30(28,29)14-18-19(23)6-4-7-20(18)24/h2-8,15-16H,9-14H2,1H3/t15-/m1/s1. The minimum atomic E-state index is -3.72. The van der Waals surface area contributed by atoms with Crippen molar-refractivity contribution in [1.29, 1.82) is 0 Å². The Balaban J connectivity index is 1.43. The van der Waals surface area contributed by atoms with Gasteiger partial charge in [-0.1, -0.05) is 35.9 Å². The molecule has 2 aliphatic heterocycles. The van der Waals surface area contributed by atoms with Crippen molar-refractivity contribution in [3.05, 3.63) is 64.4 Å². The minimum Gasteiger partial charge on any atom is -0.309 e. The molecule has 8 heteroatoms. The highest BCUT2D eigenvalue weighted by Crippen LogP contribution is 2.35. The van der Waals surface area contributed by atoms with Crippen LogP contribution < -0.4 is 4.90 Å². The second-order valence-corrected chi connectivity index (χ2v) is 10.4. The summed E-state index contributed by atoms with van der Waals surface area (Å²) in [7, 11) is -3.72. The SMILES string of the molecule is C[C@@H]1Cc2ccccc2N1C(=O)C1CCN(S(=O)(=O)Cc2c(F)cccc2Cl)CC1. The second-order valence-electron chi connectivity index (χ2n) is 8.02. The van der Waals surface area contributed by atoms with E-state index in [1.807, 2.05) is 36.1 Å². The highest BCUT2D eigenvalue weighted by Gasteiger charge is 2.38. The molecule has 1 atom stereocenters. The van der Waals surface area contributed by atoms with Gasteiger partial charge in [-0.2, -0.15) is 0 Å². The van der Waals surface area contributed by atoms with Gasteiger partial charge in [0.25, 0.3) is 0 Å². The summed E-state index contributed by atoms with van der Waals surface area (Å²) in [5, 5.41) is 0.102. The Bertz CT molecular complexity index is 1050. The van der Waals surface area contributed by atoms with E-state index in [0.717, 1.165) is 12.1 Å². The van der Waals surface area contributed by atoms with E-state index in [0.29, 0.717) is 12.8 Å². The van der Waals surface area contributed by atoms with Crippen LogP contribution in [0.2, 0.25) is 5.02 Å². The topological polar surface area (TPSA) is 57.7 Å². The van der Waals surface area contributed by atoms with Crippen LogP contribution in [0.5, 0.6) is 0 Å². The number of hydrogen-bond donors (Lipinski definition) is 0. The molecule has 0 N–H and O–H groups in total. The molecule has 2 aromatic rings. The molecule has 30 heavy (non-hydrogen) atoms. The smallest absolute Gasteiger partial charge is 0.230 e. The lowest BCUT2D eigenvalue weighted by Crippen LogP contribution is -2.46. The van der Waals surface area contributed by atoms with Gasteiger partial charge in [0.05, 0.1) is 5.75 Å². The highest BCUT2D eigenvalue weighted by atomic mass is 35.5. The Morgan fingerprint density at radius 1 is 1.13 bits per heavy atom. The Labute approximate surface area is 181 Å². The Kier molecular flexibility index (Phi) is 5.88. The number of benzene rings is 2. The summed E-state index contributed by atoms with van der Waals surface area (Å²) in [5.41, 5.74) is 2.11. The van der Waals surface area contributed by atoms with Crippen LogP contribution in [0, 0.1) is 11.7 Å². The molecule has 0 aliphatic carbocycles. The van der Waals surface area contributed by atoms with E-state index >= 15 is 0 Å². The van der Waals surface area contributed by atoms with Crippen molar-refractivity contribution in [3.63, 3.8) is 0 Å². The fourth-order valence-corrected chi connectivity index (χ4v) is 6.34. The zero-order valence-corrected chi connectivity index (χ0v) is 18.3. The maximum Gasteiger partial charge on any atom is 0.230 e. The molecule has 5 nitrogen and oxygen atoms in total. The number of nitrogens with zero attached hydrogens (tertiary/aromatic N) is 2. The number of hydrogen-bond acceptors (Lipinski definition) is 3. The molecule has 1 saturated heterocycles. The van der Waals surface area contributed by atoms with Gasteiger partial charge < -0.3 is 4.90 Å².